The Bertz CT molecular complexity index is 1540. The standard InChI is InChI=1S/C36H37N5O/c1-41(2)33-31-20-12-13-21-32(31)39-35(40-33)38-30-24-22-29(23-25-30)37-34(42)36(26-14-6-3-7-15-26,27-16-8-4-9-17-27)28-18-10-5-11-19-28/h3-21,29-30H,22-25H2,1-2H3,(H,37,42)(H,38,39,40)/t29-,30+. The highest BCUT2D eigenvalue weighted by molar-refractivity contribution is 5.96. The number of rotatable bonds is 8. The second-order valence-electron chi connectivity index (χ2n) is 11.3. The molecule has 0 spiro atoms. The van der Waals surface area contributed by atoms with Crippen molar-refractivity contribution in [1.82, 2.24) is 15.3 Å². The molecule has 0 unspecified atom stereocenters. The molecule has 2 N–H and O–H groups in total. The summed E-state index contributed by atoms with van der Waals surface area (Å²) in [6, 6.07) is 38.9. The molecule has 6 heteroatoms. The Kier molecular flexibility index (Phi) is 7.87. The maximum atomic E-state index is 14.6. The van der Waals surface area contributed by atoms with E-state index in [9.17, 15) is 4.79 Å². The fourth-order valence-corrected chi connectivity index (χ4v) is 6.28. The molecule has 0 atom stereocenters. The van der Waals surface area contributed by atoms with Gasteiger partial charge in [0.15, 0.2) is 0 Å². The summed E-state index contributed by atoms with van der Waals surface area (Å²) in [4.78, 5) is 26.2. The van der Waals surface area contributed by atoms with E-state index >= 15 is 0 Å². The van der Waals surface area contributed by atoms with Crippen molar-refractivity contribution in [3.63, 3.8) is 0 Å². The van der Waals surface area contributed by atoms with Crippen LogP contribution in [0.5, 0.6) is 0 Å². The van der Waals surface area contributed by atoms with Crippen molar-refractivity contribution >= 4 is 28.6 Å². The Morgan fingerprint density at radius 2 is 1.14 bits per heavy atom. The summed E-state index contributed by atoms with van der Waals surface area (Å²) in [6.07, 6.45) is 3.61. The minimum atomic E-state index is -0.958. The van der Waals surface area contributed by atoms with Gasteiger partial charge in [0.05, 0.1) is 5.52 Å². The summed E-state index contributed by atoms with van der Waals surface area (Å²) >= 11 is 0. The molecule has 0 saturated heterocycles. The molecule has 1 aromatic heterocycles. The number of benzene rings is 4. The van der Waals surface area contributed by atoms with Gasteiger partial charge in [0.2, 0.25) is 11.9 Å². The third-order valence-electron chi connectivity index (χ3n) is 8.36. The average Bonchev–Trinajstić information content (AvgIpc) is 3.03. The second kappa shape index (κ2) is 12.0. The Balaban J connectivity index is 1.23. The van der Waals surface area contributed by atoms with E-state index in [-0.39, 0.29) is 18.0 Å². The summed E-state index contributed by atoms with van der Waals surface area (Å²) in [5, 5.41) is 8.11. The zero-order chi connectivity index (χ0) is 28.9. The maximum Gasteiger partial charge on any atom is 0.239 e. The van der Waals surface area contributed by atoms with E-state index in [2.05, 4.69) is 53.1 Å². The van der Waals surface area contributed by atoms with Gasteiger partial charge in [0.25, 0.3) is 0 Å². The van der Waals surface area contributed by atoms with Gasteiger partial charge in [0, 0.05) is 31.6 Å². The van der Waals surface area contributed by atoms with Crippen LogP contribution in [0.3, 0.4) is 0 Å². The topological polar surface area (TPSA) is 70.2 Å². The molecule has 212 valence electrons. The van der Waals surface area contributed by atoms with Crippen molar-refractivity contribution in [2.45, 2.75) is 43.2 Å². The molecule has 1 heterocycles. The van der Waals surface area contributed by atoms with Gasteiger partial charge < -0.3 is 15.5 Å². The highest BCUT2D eigenvalue weighted by atomic mass is 16.2. The lowest BCUT2D eigenvalue weighted by Crippen LogP contribution is -2.51. The van der Waals surface area contributed by atoms with Gasteiger partial charge >= 0.3 is 0 Å². The van der Waals surface area contributed by atoms with Crippen LogP contribution in [-0.2, 0) is 10.2 Å². The monoisotopic (exact) mass is 555 g/mol. The van der Waals surface area contributed by atoms with Gasteiger partial charge in [-0.25, -0.2) is 4.98 Å². The predicted octanol–water partition coefficient (Wildman–Crippen LogP) is 6.57. The molecule has 0 radical (unpaired) electrons. The summed E-state index contributed by atoms with van der Waals surface area (Å²) < 4.78 is 0. The van der Waals surface area contributed by atoms with Crippen molar-refractivity contribution in [2.24, 2.45) is 0 Å². The van der Waals surface area contributed by atoms with Crippen LogP contribution in [0.1, 0.15) is 42.4 Å². The van der Waals surface area contributed by atoms with Crippen LogP contribution in [-0.4, -0.2) is 42.1 Å². The molecule has 0 bridgehead atoms. The first-order valence-corrected chi connectivity index (χ1v) is 14.7. The molecule has 0 aliphatic heterocycles. The molecule has 1 fully saturated rings. The second-order valence-corrected chi connectivity index (χ2v) is 11.3. The van der Waals surface area contributed by atoms with Gasteiger partial charge in [-0.3, -0.25) is 4.79 Å². The van der Waals surface area contributed by atoms with Crippen molar-refractivity contribution in [3.8, 4) is 0 Å². The van der Waals surface area contributed by atoms with Crippen molar-refractivity contribution in [1.29, 1.82) is 0 Å². The number of nitrogens with one attached hydrogen (secondary N) is 2. The van der Waals surface area contributed by atoms with E-state index in [1.165, 1.54) is 0 Å². The number of para-hydroxylation sites is 1. The van der Waals surface area contributed by atoms with Gasteiger partial charge in [0.1, 0.15) is 11.2 Å². The van der Waals surface area contributed by atoms with Crippen LogP contribution in [0.15, 0.2) is 115 Å². The first kappa shape index (κ1) is 27.5. The Hall–Kier alpha value is -4.71. The number of hydrogen-bond donors (Lipinski definition) is 2. The van der Waals surface area contributed by atoms with Gasteiger partial charge in [-0.1, -0.05) is 103 Å². The Morgan fingerprint density at radius 1 is 0.667 bits per heavy atom. The highest BCUT2D eigenvalue weighted by Crippen LogP contribution is 2.40. The molecule has 5 aromatic rings. The zero-order valence-corrected chi connectivity index (χ0v) is 24.2. The third-order valence-corrected chi connectivity index (χ3v) is 8.36. The fourth-order valence-electron chi connectivity index (χ4n) is 6.28. The van der Waals surface area contributed by atoms with E-state index in [0.29, 0.717) is 5.95 Å². The Labute approximate surface area is 247 Å². The highest BCUT2D eigenvalue weighted by Gasteiger charge is 2.44. The molecule has 42 heavy (non-hydrogen) atoms. The van der Waals surface area contributed by atoms with Crippen LogP contribution in [0.4, 0.5) is 11.8 Å². The number of aromatic nitrogens is 2. The number of carbonyl (C=O) groups excluding carboxylic acids is 1. The third kappa shape index (κ3) is 5.32. The average molecular weight is 556 g/mol. The summed E-state index contributed by atoms with van der Waals surface area (Å²) in [7, 11) is 4.01. The fraction of sp³-hybridized carbons (Fsp3) is 0.250. The van der Waals surface area contributed by atoms with Crippen LogP contribution in [0.25, 0.3) is 10.9 Å². The normalized spacial score (nSPS) is 17.0. The number of nitrogens with zero attached hydrogens (tertiary/aromatic N) is 3. The lowest BCUT2D eigenvalue weighted by Gasteiger charge is -2.37. The molecule has 6 nitrogen and oxygen atoms in total. The van der Waals surface area contributed by atoms with Gasteiger partial charge in [-0.05, 0) is 54.5 Å². The smallest absolute Gasteiger partial charge is 0.239 e. The van der Waals surface area contributed by atoms with Crippen molar-refractivity contribution < 1.29 is 4.79 Å². The van der Waals surface area contributed by atoms with E-state index in [1.807, 2.05) is 91.8 Å². The molecule has 1 aliphatic rings. The molecule has 6 rings (SSSR count). The maximum absolute atomic E-state index is 14.6. The van der Waals surface area contributed by atoms with Crippen molar-refractivity contribution in [3.05, 3.63) is 132 Å². The lowest BCUT2D eigenvalue weighted by atomic mass is 9.68. The van der Waals surface area contributed by atoms with E-state index in [0.717, 1.165) is 59.1 Å². The summed E-state index contributed by atoms with van der Waals surface area (Å²) in [5.74, 6) is 1.57. The van der Waals surface area contributed by atoms with Crippen LogP contribution in [0.2, 0.25) is 0 Å². The molecule has 1 saturated carbocycles. The number of hydrogen-bond acceptors (Lipinski definition) is 5. The first-order valence-electron chi connectivity index (χ1n) is 14.7. The van der Waals surface area contributed by atoms with Gasteiger partial charge in [-0.2, -0.15) is 4.98 Å². The number of anilines is 2. The molecule has 4 aromatic carbocycles. The minimum Gasteiger partial charge on any atom is -0.362 e. The largest absolute Gasteiger partial charge is 0.362 e. The van der Waals surface area contributed by atoms with E-state index < -0.39 is 5.41 Å². The number of fused-ring (bicyclic) bond motifs is 1. The van der Waals surface area contributed by atoms with E-state index in [4.69, 9.17) is 9.97 Å². The molecule has 1 aliphatic carbocycles. The van der Waals surface area contributed by atoms with Gasteiger partial charge in [-0.15, -0.1) is 0 Å². The molecular weight excluding hydrogens is 518 g/mol. The number of carbonyl (C=O) groups is 1. The lowest BCUT2D eigenvalue weighted by molar-refractivity contribution is -0.125. The zero-order valence-electron chi connectivity index (χ0n) is 24.2. The quantitative estimate of drug-likeness (QED) is 0.212. The van der Waals surface area contributed by atoms with Crippen LogP contribution >= 0.6 is 0 Å². The molecule has 1 amide bonds. The van der Waals surface area contributed by atoms with Crippen LogP contribution < -0.4 is 15.5 Å². The summed E-state index contributed by atoms with van der Waals surface area (Å²) in [5.41, 5.74) is 2.85. The predicted molar refractivity (Wildman–Crippen MR) is 171 cm³/mol. The summed E-state index contributed by atoms with van der Waals surface area (Å²) in [6.45, 7) is 0. The Morgan fingerprint density at radius 3 is 1.67 bits per heavy atom. The molecular formula is C36H37N5O. The SMILES string of the molecule is CN(C)c1nc(N[C@H]2CC[C@@H](NC(=O)C(c3ccccc3)(c3ccccc3)c3ccccc3)CC2)nc2ccccc12. The van der Waals surface area contributed by atoms with E-state index in [1.54, 1.807) is 0 Å². The van der Waals surface area contributed by atoms with Crippen LogP contribution in [0, 0.1) is 0 Å². The number of amides is 1. The minimum absolute atomic E-state index is 0.0102. The van der Waals surface area contributed by atoms with Crippen molar-refractivity contribution in [2.75, 3.05) is 24.3 Å². The first-order chi connectivity index (χ1) is 20.6.